The number of hydrogen-bond acceptors (Lipinski definition) is 4. The molecule has 2 aromatic rings. The minimum atomic E-state index is -3.45. The average Bonchev–Trinajstić information content (AvgIpc) is 3.24. The minimum absolute atomic E-state index is 0.102. The summed E-state index contributed by atoms with van der Waals surface area (Å²) in [6.45, 7) is 5.11. The molecule has 0 spiro atoms. The molecular weight excluding hydrogens is 394 g/mol. The first-order valence-electron chi connectivity index (χ1n) is 9.67. The Balaban J connectivity index is 1.59. The van der Waals surface area contributed by atoms with Crippen molar-refractivity contribution in [1.82, 2.24) is 4.31 Å². The number of thiophene rings is 1. The Kier molecular flexibility index (Phi) is 6.87. The van der Waals surface area contributed by atoms with Gasteiger partial charge in [-0.05, 0) is 62.4 Å². The van der Waals surface area contributed by atoms with Gasteiger partial charge >= 0.3 is 0 Å². The van der Waals surface area contributed by atoms with Crippen LogP contribution in [0.2, 0.25) is 0 Å². The van der Waals surface area contributed by atoms with E-state index in [4.69, 9.17) is 0 Å². The number of carbonyl (C=O) groups excluding carboxylic acids is 1. The van der Waals surface area contributed by atoms with Crippen LogP contribution in [0.4, 0.5) is 5.69 Å². The van der Waals surface area contributed by atoms with E-state index in [-0.39, 0.29) is 22.9 Å². The molecule has 1 aromatic carbocycles. The predicted octanol–water partition coefficient (Wildman–Crippen LogP) is 2.57. The minimum Gasteiger partial charge on any atom is -0.330 e. The molecule has 0 radical (unpaired) electrons. The first kappa shape index (κ1) is 21.0. The highest BCUT2D eigenvalue weighted by Gasteiger charge is 2.26. The van der Waals surface area contributed by atoms with Crippen LogP contribution in [0.5, 0.6) is 0 Å². The van der Waals surface area contributed by atoms with Gasteiger partial charge in [0, 0.05) is 18.8 Å². The number of sulfonamides is 1. The molecule has 28 heavy (non-hydrogen) atoms. The molecule has 6 nitrogen and oxygen atoms in total. The van der Waals surface area contributed by atoms with Gasteiger partial charge in [0.1, 0.15) is 6.04 Å². The Morgan fingerprint density at radius 1 is 1.11 bits per heavy atom. The van der Waals surface area contributed by atoms with Crippen LogP contribution in [0, 0.1) is 0 Å². The number of nitrogens with zero attached hydrogens (tertiary/aromatic N) is 1. The van der Waals surface area contributed by atoms with Gasteiger partial charge in [-0.1, -0.05) is 12.5 Å². The smallest absolute Gasteiger partial charge is 0.282 e. The summed E-state index contributed by atoms with van der Waals surface area (Å²) in [6, 6.07) is 10.5. The highest BCUT2D eigenvalue weighted by molar-refractivity contribution is 7.89. The van der Waals surface area contributed by atoms with Gasteiger partial charge in [0.15, 0.2) is 6.04 Å². The maximum absolute atomic E-state index is 12.7. The molecule has 1 aliphatic heterocycles. The van der Waals surface area contributed by atoms with Gasteiger partial charge in [0.2, 0.25) is 10.0 Å². The van der Waals surface area contributed by atoms with Gasteiger partial charge in [-0.2, -0.15) is 4.31 Å². The molecule has 0 unspecified atom stereocenters. The van der Waals surface area contributed by atoms with E-state index in [1.807, 2.05) is 23.7 Å². The molecule has 3 N–H and O–H groups in total. The summed E-state index contributed by atoms with van der Waals surface area (Å²) in [5, 5.41) is 6.93. The number of anilines is 1. The highest BCUT2D eigenvalue weighted by atomic mass is 32.2. The maximum atomic E-state index is 12.7. The van der Waals surface area contributed by atoms with Crippen LogP contribution in [0.25, 0.3) is 0 Å². The third kappa shape index (κ3) is 5.00. The molecular formula is C20H28N3O3S2+. The fourth-order valence-electron chi connectivity index (χ4n) is 3.39. The topological polar surface area (TPSA) is 83.1 Å². The van der Waals surface area contributed by atoms with Crippen LogP contribution in [0.1, 0.15) is 44.0 Å². The summed E-state index contributed by atoms with van der Waals surface area (Å²) in [4.78, 5) is 14.0. The fourth-order valence-corrected chi connectivity index (χ4v) is 5.67. The van der Waals surface area contributed by atoms with Gasteiger partial charge < -0.3 is 10.6 Å². The van der Waals surface area contributed by atoms with Crippen molar-refractivity contribution >= 4 is 33.0 Å². The number of nitrogens with one attached hydrogen (secondary N) is 1. The van der Waals surface area contributed by atoms with Crippen LogP contribution >= 0.6 is 11.3 Å². The fraction of sp³-hybridized carbons (Fsp3) is 0.450. The highest BCUT2D eigenvalue weighted by Crippen LogP contribution is 2.22. The van der Waals surface area contributed by atoms with Gasteiger partial charge in [0.25, 0.3) is 5.91 Å². The largest absolute Gasteiger partial charge is 0.330 e. The van der Waals surface area contributed by atoms with Crippen molar-refractivity contribution in [2.24, 2.45) is 0 Å². The Morgan fingerprint density at radius 2 is 1.79 bits per heavy atom. The quantitative estimate of drug-likeness (QED) is 0.719. The van der Waals surface area contributed by atoms with Crippen molar-refractivity contribution in [1.29, 1.82) is 0 Å². The van der Waals surface area contributed by atoms with Crippen LogP contribution in [-0.4, -0.2) is 37.8 Å². The molecule has 1 saturated heterocycles. The first-order chi connectivity index (χ1) is 13.4. The van der Waals surface area contributed by atoms with Gasteiger partial charge in [0.05, 0.1) is 9.77 Å². The van der Waals surface area contributed by atoms with Crippen molar-refractivity contribution in [2.75, 3.05) is 18.4 Å². The van der Waals surface area contributed by atoms with E-state index in [0.717, 1.165) is 19.3 Å². The number of carbonyl (C=O) groups is 1. The standard InChI is InChI=1S/C20H27N3O3S2/c1-15(19-7-6-14-27-19)21-16(2)20(24)22-17-8-10-18(11-9-17)28(25,26)23-12-4-3-5-13-23/h6-11,14-16,21H,3-5,12-13H2,1-2H3,(H,22,24)/p+1/t15-,16+/m0/s1. The molecule has 1 aromatic heterocycles. The van der Waals surface area contributed by atoms with Crippen LogP contribution in [-0.2, 0) is 14.8 Å². The van der Waals surface area contributed by atoms with Gasteiger partial charge in [-0.15, -0.1) is 11.3 Å². The molecule has 152 valence electrons. The average molecular weight is 423 g/mol. The number of hydrogen-bond donors (Lipinski definition) is 2. The Labute approximate surface area is 171 Å². The third-order valence-corrected chi connectivity index (χ3v) is 8.04. The van der Waals surface area contributed by atoms with Crippen molar-refractivity contribution in [3.63, 3.8) is 0 Å². The molecule has 0 saturated carbocycles. The lowest BCUT2D eigenvalue weighted by Gasteiger charge is -2.25. The van der Waals surface area contributed by atoms with E-state index in [9.17, 15) is 13.2 Å². The predicted molar refractivity (Wildman–Crippen MR) is 112 cm³/mol. The number of amides is 1. The van der Waals surface area contributed by atoms with Gasteiger partial charge in [-0.25, -0.2) is 8.42 Å². The van der Waals surface area contributed by atoms with E-state index in [1.165, 1.54) is 4.88 Å². The molecule has 1 amide bonds. The van der Waals surface area contributed by atoms with Crippen molar-refractivity contribution < 1.29 is 18.5 Å². The summed E-state index contributed by atoms with van der Waals surface area (Å²) < 4.78 is 26.9. The first-order valence-corrected chi connectivity index (χ1v) is 12.0. The lowest BCUT2D eigenvalue weighted by atomic mass is 10.2. The molecule has 0 aliphatic carbocycles. The zero-order valence-corrected chi connectivity index (χ0v) is 17.9. The summed E-state index contributed by atoms with van der Waals surface area (Å²) in [7, 11) is -3.45. The van der Waals surface area contributed by atoms with E-state index in [2.05, 4.69) is 18.3 Å². The Hall–Kier alpha value is -1.74. The molecule has 3 rings (SSSR count). The number of piperidine rings is 1. The van der Waals surface area contributed by atoms with E-state index >= 15 is 0 Å². The summed E-state index contributed by atoms with van der Waals surface area (Å²) in [6.07, 6.45) is 2.90. The second-order valence-corrected chi connectivity index (χ2v) is 10.2. The van der Waals surface area contributed by atoms with E-state index < -0.39 is 10.0 Å². The molecule has 2 heterocycles. The molecule has 8 heteroatoms. The molecule has 1 fully saturated rings. The zero-order valence-electron chi connectivity index (χ0n) is 16.3. The maximum Gasteiger partial charge on any atom is 0.282 e. The Bertz CT molecular complexity index is 874. The third-order valence-electron chi connectivity index (χ3n) is 5.06. The van der Waals surface area contributed by atoms with Crippen LogP contribution < -0.4 is 10.6 Å². The van der Waals surface area contributed by atoms with E-state index in [0.29, 0.717) is 18.8 Å². The van der Waals surface area contributed by atoms with Gasteiger partial charge in [-0.3, -0.25) is 4.79 Å². The number of nitrogens with two attached hydrogens (primary N) is 1. The normalized spacial score (nSPS) is 17.8. The second-order valence-electron chi connectivity index (χ2n) is 7.26. The van der Waals surface area contributed by atoms with Crippen molar-refractivity contribution in [3.05, 3.63) is 46.7 Å². The number of rotatable bonds is 7. The monoisotopic (exact) mass is 422 g/mol. The molecule has 2 atom stereocenters. The Morgan fingerprint density at radius 3 is 2.39 bits per heavy atom. The van der Waals surface area contributed by atoms with E-state index in [1.54, 1.807) is 39.9 Å². The SMILES string of the molecule is C[C@H]([NH2+][C@H](C)C(=O)Nc1ccc(S(=O)(=O)N2CCCCC2)cc1)c1cccs1. The van der Waals surface area contributed by atoms with Crippen molar-refractivity contribution in [2.45, 2.75) is 50.1 Å². The zero-order chi connectivity index (χ0) is 20.1. The second kappa shape index (κ2) is 9.17. The van der Waals surface area contributed by atoms with Crippen molar-refractivity contribution in [3.8, 4) is 0 Å². The van der Waals surface area contributed by atoms with Crippen LogP contribution in [0.15, 0.2) is 46.7 Å². The van der Waals surface area contributed by atoms with Crippen LogP contribution in [0.3, 0.4) is 0 Å². The molecule has 1 aliphatic rings. The summed E-state index contributed by atoms with van der Waals surface area (Å²) in [5.41, 5.74) is 0.603. The summed E-state index contributed by atoms with van der Waals surface area (Å²) >= 11 is 1.68. The number of benzene rings is 1. The lowest BCUT2D eigenvalue weighted by molar-refractivity contribution is -0.709. The number of quaternary nitrogens is 1. The lowest BCUT2D eigenvalue weighted by Crippen LogP contribution is -2.91. The summed E-state index contributed by atoms with van der Waals surface area (Å²) in [5.74, 6) is -0.102. The molecule has 0 bridgehead atoms.